The number of carbonyl (C=O) groups is 2. The lowest BCUT2D eigenvalue weighted by Gasteiger charge is -2.13. The van der Waals surface area contributed by atoms with E-state index in [1.807, 2.05) is 12.1 Å². The number of amides is 2. The highest BCUT2D eigenvalue weighted by molar-refractivity contribution is 5.95. The van der Waals surface area contributed by atoms with Crippen molar-refractivity contribution in [3.05, 3.63) is 78.1 Å². The smallest absolute Gasteiger partial charge is 0.412 e. The average molecular weight is 389 g/mol. The van der Waals surface area contributed by atoms with Gasteiger partial charge in [0.2, 0.25) is 0 Å². The summed E-state index contributed by atoms with van der Waals surface area (Å²) in [7, 11) is 0. The maximum atomic E-state index is 12.3. The molecule has 1 unspecified atom stereocenters. The first-order chi connectivity index (χ1) is 14.0. The molecule has 0 radical (unpaired) electrons. The molecule has 2 N–H and O–H groups in total. The first-order valence-corrected chi connectivity index (χ1v) is 8.88. The number of nitrogens with zero attached hydrogens (tertiary/aromatic N) is 3. The molecule has 1 atom stereocenters. The number of aromatic nitrogens is 2. The number of nitrogens with one attached hydrogen (secondary N) is 2. The van der Waals surface area contributed by atoms with E-state index in [1.165, 1.54) is 13.1 Å². The molecule has 8 nitrogen and oxygen atoms in total. The SMILES string of the molecule is CC(OC(=O)Nc1ccccc1)C(=O)Nc1cnn(Cc2cccc(C#N)c2)c1. The number of anilines is 2. The van der Waals surface area contributed by atoms with E-state index in [0.29, 0.717) is 23.5 Å². The molecule has 2 aromatic carbocycles. The molecule has 0 aliphatic rings. The molecule has 146 valence electrons. The van der Waals surface area contributed by atoms with E-state index in [1.54, 1.807) is 53.3 Å². The van der Waals surface area contributed by atoms with Crippen LogP contribution in [0.2, 0.25) is 0 Å². The van der Waals surface area contributed by atoms with Crippen LogP contribution in [0.5, 0.6) is 0 Å². The number of hydrogen-bond donors (Lipinski definition) is 2. The Kier molecular flexibility index (Phi) is 6.22. The van der Waals surface area contributed by atoms with Crippen molar-refractivity contribution in [3.8, 4) is 6.07 Å². The van der Waals surface area contributed by atoms with Crippen molar-refractivity contribution >= 4 is 23.4 Å². The second kappa shape index (κ2) is 9.19. The third-order valence-electron chi connectivity index (χ3n) is 3.97. The average Bonchev–Trinajstić information content (AvgIpc) is 3.15. The van der Waals surface area contributed by atoms with E-state index < -0.39 is 18.1 Å². The molecule has 0 spiro atoms. The molecule has 0 aliphatic heterocycles. The Morgan fingerprint density at radius 3 is 2.69 bits per heavy atom. The lowest BCUT2D eigenvalue weighted by molar-refractivity contribution is -0.123. The van der Waals surface area contributed by atoms with E-state index in [9.17, 15) is 9.59 Å². The predicted octanol–water partition coefficient (Wildman–Crippen LogP) is 3.38. The zero-order chi connectivity index (χ0) is 20.6. The molecule has 0 fully saturated rings. The van der Waals surface area contributed by atoms with Crippen LogP contribution in [0.4, 0.5) is 16.2 Å². The van der Waals surface area contributed by atoms with Gasteiger partial charge in [0.15, 0.2) is 6.10 Å². The van der Waals surface area contributed by atoms with Crippen molar-refractivity contribution in [2.75, 3.05) is 10.6 Å². The first kappa shape index (κ1) is 19.6. The Hall–Kier alpha value is -4.12. The van der Waals surface area contributed by atoms with Gasteiger partial charge in [-0.1, -0.05) is 30.3 Å². The summed E-state index contributed by atoms with van der Waals surface area (Å²) in [4.78, 5) is 24.1. The Labute approximate surface area is 167 Å². The standard InChI is InChI=1S/C21H19N5O3/c1-15(29-21(28)25-18-8-3-2-4-9-18)20(27)24-19-12-23-26(14-19)13-17-7-5-6-16(10-17)11-22/h2-10,12,14-15H,13H2,1H3,(H,24,27)(H,25,28). The molecular weight excluding hydrogens is 370 g/mol. The molecule has 0 saturated heterocycles. The van der Waals surface area contributed by atoms with Crippen LogP contribution in [0.15, 0.2) is 67.0 Å². The van der Waals surface area contributed by atoms with Crippen LogP contribution in [-0.4, -0.2) is 27.9 Å². The van der Waals surface area contributed by atoms with Gasteiger partial charge in [-0.05, 0) is 36.8 Å². The van der Waals surface area contributed by atoms with E-state index >= 15 is 0 Å². The van der Waals surface area contributed by atoms with Crippen molar-refractivity contribution in [1.82, 2.24) is 9.78 Å². The normalized spacial score (nSPS) is 11.2. The van der Waals surface area contributed by atoms with Crippen LogP contribution in [0.25, 0.3) is 0 Å². The number of hydrogen-bond acceptors (Lipinski definition) is 5. The van der Waals surface area contributed by atoms with Crippen LogP contribution in [0.3, 0.4) is 0 Å². The largest absolute Gasteiger partial charge is 0.436 e. The van der Waals surface area contributed by atoms with Crippen molar-refractivity contribution in [1.29, 1.82) is 5.26 Å². The number of para-hydroxylation sites is 1. The second-order valence-electron chi connectivity index (χ2n) is 6.27. The van der Waals surface area contributed by atoms with E-state index in [0.717, 1.165) is 5.56 Å². The summed E-state index contributed by atoms with van der Waals surface area (Å²) >= 11 is 0. The maximum absolute atomic E-state index is 12.3. The van der Waals surface area contributed by atoms with Crippen LogP contribution in [0, 0.1) is 11.3 Å². The lowest BCUT2D eigenvalue weighted by atomic mass is 10.1. The molecule has 0 saturated carbocycles. The van der Waals surface area contributed by atoms with Gasteiger partial charge in [-0.25, -0.2) is 4.79 Å². The van der Waals surface area contributed by atoms with Crippen LogP contribution in [0.1, 0.15) is 18.1 Å². The van der Waals surface area contributed by atoms with Crippen LogP contribution in [-0.2, 0) is 16.1 Å². The number of carbonyl (C=O) groups excluding carboxylic acids is 2. The van der Waals surface area contributed by atoms with Gasteiger partial charge in [-0.15, -0.1) is 0 Å². The summed E-state index contributed by atoms with van der Waals surface area (Å²) < 4.78 is 6.73. The number of nitriles is 1. The van der Waals surface area contributed by atoms with Gasteiger partial charge in [-0.2, -0.15) is 10.4 Å². The number of rotatable bonds is 6. The van der Waals surface area contributed by atoms with E-state index in [4.69, 9.17) is 10.00 Å². The van der Waals surface area contributed by atoms with Crippen LogP contribution < -0.4 is 10.6 Å². The van der Waals surface area contributed by atoms with E-state index in [-0.39, 0.29) is 0 Å². The quantitative estimate of drug-likeness (QED) is 0.672. The van der Waals surface area contributed by atoms with Gasteiger partial charge in [0.1, 0.15) is 0 Å². The van der Waals surface area contributed by atoms with Crippen LogP contribution >= 0.6 is 0 Å². The van der Waals surface area contributed by atoms with Gasteiger partial charge in [-0.3, -0.25) is 14.8 Å². The summed E-state index contributed by atoms with van der Waals surface area (Å²) in [6, 6.07) is 18.1. The van der Waals surface area contributed by atoms with Crippen molar-refractivity contribution in [2.24, 2.45) is 0 Å². The highest BCUT2D eigenvalue weighted by atomic mass is 16.6. The Balaban J connectivity index is 1.52. The molecular formula is C21H19N5O3. The molecule has 3 rings (SSSR count). The number of benzene rings is 2. The third kappa shape index (κ3) is 5.68. The molecule has 0 aliphatic carbocycles. The van der Waals surface area contributed by atoms with Gasteiger partial charge < -0.3 is 10.1 Å². The molecule has 0 bridgehead atoms. The van der Waals surface area contributed by atoms with Crippen molar-refractivity contribution in [3.63, 3.8) is 0 Å². The lowest BCUT2D eigenvalue weighted by Crippen LogP contribution is -2.31. The zero-order valence-corrected chi connectivity index (χ0v) is 15.7. The second-order valence-corrected chi connectivity index (χ2v) is 6.27. The zero-order valence-electron chi connectivity index (χ0n) is 15.7. The van der Waals surface area contributed by atoms with Gasteiger partial charge >= 0.3 is 6.09 Å². The highest BCUT2D eigenvalue weighted by Gasteiger charge is 2.18. The predicted molar refractivity (Wildman–Crippen MR) is 107 cm³/mol. The third-order valence-corrected chi connectivity index (χ3v) is 3.97. The summed E-state index contributed by atoms with van der Waals surface area (Å²) in [5.74, 6) is -0.473. The first-order valence-electron chi connectivity index (χ1n) is 8.88. The molecule has 8 heteroatoms. The maximum Gasteiger partial charge on any atom is 0.412 e. The summed E-state index contributed by atoms with van der Waals surface area (Å²) in [5, 5.41) is 18.4. The monoisotopic (exact) mass is 389 g/mol. The molecule has 1 heterocycles. The minimum Gasteiger partial charge on any atom is -0.436 e. The van der Waals surface area contributed by atoms with Gasteiger partial charge in [0, 0.05) is 11.9 Å². The van der Waals surface area contributed by atoms with Gasteiger partial charge in [0.25, 0.3) is 5.91 Å². The fraction of sp³-hybridized carbons (Fsp3) is 0.143. The topological polar surface area (TPSA) is 109 Å². The fourth-order valence-corrected chi connectivity index (χ4v) is 2.57. The fourth-order valence-electron chi connectivity index (χ4n) is 2.57. The van der Waals surface area contributed by atoms with Crippen molar-refractivity contribution < 1.29 is 14.3 Å². The molecule has 1 aromatic heterocycles. The molecule has 2 amide bonds. The number of ether oxygens (including phenoxy) is 1. The van der Waals surface area contributed by atoms with Crippen molar-refractivity contribution in [2.45, 2.75) is 19.6 Å². The molecule has 3 aromatic rings. The Bertz CT molecular complexity index is 1040. The van der Waals surface area contributed by atoms with Gasteiger partial charge in [0.05, 0.1) is 30.1 Å². The summed E-state index contributed by atoms with van der Waals surface area (Å²) in [6.45, 7) is 1.94. The Morgan fingerprint density at radius 1 is 1.14 bits per heavy atom. The minimum atomic E-state index is -0.991. The Morgan fingerprint density at radius 2 is 1.93 bits per heavy atom. The summed E-state index contributed by atoms with van der Waals surface area (Å²) in [6.07, 6.45) is 1.46. The highest BCUT2D eigenvalue weighted by Crippen LogP contribution is 2.11. The summed E-state index contributed by atoms with van der Waals surface area (Å²) in [5.41, 5.74) is 2.54. The minimum absolute atomic E-state index is 0.455. The molecule has 29 heavy (non-hydrogen) atoms. The van der Waals surface area contributed by atoms with E-state index in [2.05, 4.69) is 21.8 Å².